The van der Waals surface area contributed by atoms with E-state index >= 15 is 0 Å². The van der Waals surface area contributed by atoms with E-state index < -0.39 is 0 Å². The molecule has 0 aromatic heterocycles. The molecule has 0 bridgehead atoms. The normalized spacial score (nSPS) is 23.2. The van der Waals surface area contributed by atoms with Crippen molar-refractivity contribution in [3.63, 3.8) is 0 Å². The SMILES string of the molecule is COCC1CCN(C)C2(C1)CN(C(=O)c1ccc(OC)c(Cl)c1)C2. The van der Waals surface area contributed by atoms with Crippen LogP contribution in [0.3, 0.4) is 0 Å². The molecule has 3 rings (SSSR count). The number of benzene rings is 1. The Labute approximate surface area is 148 Å². The number of amides is 1. The van der Waals surface area contributed by atoms with Crippen LogP contribution in [-0.2, 0) is 4.74 Å². The summed E-state index contributed by atoms with van der Waals surface area (Å²) in [5, 5.41) is 0.466. The molecule has 1 aromatic rings. The zero-order valence-electron chi connectivity index (χ0n) is 14.5. The van der Waals surface area contributed by atoms with E-state index in [-0.39, 0.29) is 11.4 Å². The van der Waals surface area contributed by atoms with Gasteiger partial charge in [-0.25, -0.2) is 0 Å². The molecule has 2 aliphatic rings. The first kappa shape index (κ1) is 17.5. The van der Waals surface area contributed by atoms with E-state index in [4.69, 9.17) is 21.1 Å². The molecule has 1 aromatic carbocycles. The first-order valence-corrected chi connectivity index (χ1v) is 8.70. The van der Waals surface area contributed by atoms with Crippen LogP contribution in [-0.4, -0.2) is 68.8 Å². The summed E-state index contributed by atoms with van der Waals surface area (Å²) in [6.07, 6.45) is 2.25. The summed E-state index contributed by atoms with van der Waals surface area (Å²) in [4.78, 5) is 17.0. The summed E-state index contributed by atoms with van der Waals surface area (Å²) in [5.41, 5.74) is 0.718. The van der Waals surface area contributed by atoms with E-state index in [1.807, 2.05) is 4.90 Å². The van der Waals surface area contributed by atoms with Crippen molar-refractivity contribution in [3.05, 3.63) is 28.8 Å². The van der Waals surface area contributed by atoms with Gasteiger partial charge in [0.15, 0.2) is 0 Å². The van der Waals surface area contributed by atoms with Gasteiger partial charge in [0.05, 0.1) is 17.7 Å². The Kier molecular flexibility index (Phi) is 5.04. The van der Waals surface area contributed by atoms with Crippen molar-refractivity contribution in [2.24, 2.45) is 5.92 Å². The molecule has 2 heterocycles. The van der Waals surface area contributed by atoms with Crippen LogP contribution in [0, 0.1) is 5.92 Å². The van der Waals surface area contributed by atoms with E-state index in [1.165, 1.54) is 0 Å². The molecular formula is C18H25ClN2O3. The first-order chi connectivity index (χ1) is 11.5. The Hall–Kier alpha value is -1.30. The number of rotatable bonds is 4. The number of likely N-dealkylation sites (tertiary alicyclic amines) is 2. The number of likely N-dealkylation sites (N-methyl/N-ethyl adjacent to an activating group) is 1. The predicted molar refractivity (Wildman–Crippen MR) is 93.9 cm³/mol. The van der Waals surface area contributed by atoms with Crippen molar-refractivity contribution in [2.45, 2.75) is 18.4 Å². The Morgan fingerprint density at radius 3 is 2.75 bits per heavy atom. The number of carbonyl (C=O) groups excluding carboxylic acids is 1. The quantitative estimate of drug-likeness (QED) is 0.835. The van der Waals surface area contributed by atoms with Gasteiger partial charge in [-0.1, -0.05) is 11.6 Å². The highest BCUT2D eigenvalue weighted by Crippen LogP contribution is 2.39. The standard InChI is InChI=1S/C18H25ClN2O3/c1-20-7-6-13(10-23-2)9-18(20)11-21(12-18)17(22)14-4-5-16(24-3)15(19)8-14/h4-5,8,13H,6-7,9-12H2,1-3H3. The van der Waals surface area contributed by atoms with Crippen LogP contribution in [0.2, 0.25) is 5.02 Å². The Balaban J connectivity index is 1.66. The number of nitrogens with zero attached hydrogens (tertiary/aromatic N) is 2. The third kappa shape index (κ3) is 3.13. The van der Waals surface area contributed by atoms with Gasteiger partial charge < -0.3 is 14.4 Å². The van der Waals surface area contributed by atoms with Gasteiger partial charge in [-0.15, -0.1) is 0 Å². The fourth-order valence-electron chi connectivity index (χ4n) is 3.95. The molecule has 0 radical (unpaired) electrons. The molecule has 1 amide bonds. The van der Waals surface area contributed by atoms with Gasteiger partial charge in [0.2, 0.25) is 0 Å². The lowest BCUT2D eigenvalue weighted by Crippen LogP contribution is -2.72. The Morgan fingerprint density at radius 1 is 1.38 bits per heavy atom. The molecule has 0 N–H and O–H groups in total. The number of methoxy groups -OCH3 is 2. The summed E-state index contributed by atoms with van der Waals surface area (Å²) in [7, 11) is 5.49. The monoisotopic (exact) mass is 352 g/mol. The summed E-state index contributed by atoms with van der Waals surface area (Å²) < 4.78 is 10.5. The second-order valence-corrected chi connectivity index (χ2v) is 7.38. The van der Waals surface area contributed by atoms with Gasteiger partial charge in [0.1, 0.15) is 5.75 Å². The molecule has 1 unspecified atom stereocenters. The molecule has 0 saturated carbocycles. The molecule has 5 nitrogen and oxygen atoms in total. The van der Waals surface area contributed by atoms with Crippen molar-refractivity contribution in [1.82, 2.24) is 9.80 Å². The summed E-state index contributed by atoms with van der Waals surface area (Å²) in [5.74, 6) is 1.20. The predicted octanol–water partition coefficient (Wildman–Crippen LogP) is 2.53. The van der Waals surface area contributed by atoms with E-state index in [0.717, 1.165) is 39.1 Å². The maximum Gasteiger partial charge on any atom is 0.254 e. The minimum Gasteiger partial charge on any atom is -0.495 e. The number of hydrogen-bond donors (Lipinski definition) is 0. The fraction of sp³-hybridized carbons (Fsp3) is 0.611. The zero-order chi connectivity index (χ0) is 17.3. The number of piperidine rings is 1. The van der Waals surface area contributed by atoms with E-state index in [1.54, 1.807) is 32.4 Å². The second-order valence-electron chi connectivity index (χ2n) is 6.97. The fourth-order valence-corrected chi connectivity index (χ4v) is 4.20. The van der Waals surface area contributed by atoms with Crippen LogP contribution in [0.4, 0.5) is 0 Å². The van der Waals surface area contributed by atoms with Crippen LogP contribution < -0.4 is 4.74 Å². The molecule has 1 atom stereocenters. The van der Waals surface area contributed by atoms with E-state index in [2.05, 4.69) is 11.9 Å². The van der Waals surface area contributed by atoms with Gasteiger partial charge in [0.25, 0.3) is 5.91 Å². The highest BCUT2D eigenvalue weighted by Gasteiger charge is 2.50. The largest absolute Gasteiger partial charge is 0.495 e. The van der Waals surface area contributed by atoms with Crippen LogP contribution in [0.25, 0.3) is 0 Å². The van der Waals surface area contributed by atoms with E-state index in [9.17, 15) is 4.79 Å². The minimum atomic E-state index is 0.0347. The lowest BCUT2D eigenvalue weighted by Gasteiger charge is -2.58. The highest BCUT2D eigenvalue weighted by atomic mass is 35.5. The van der Waals surface area contributed by atoms with Gasteiger partial charge in [-0.3, -0.25) is 9.69 Å². The molecule has 2 aliphatic heterocycles. The van der Waals surface area contributed by atoms with Gasteiger partial charge >= 0.3 is 0 Å². The lowest BCUT2D eigenvalue weighted by molar-refractivity contribution is -0.0731. The number of carbonyl (C=O) groups is 1. The van der Waals surface area contributed by atoms with Crippen molar-refractivity contribution in [3.8, 4) is 5.75 Å². The third-order valence-corrected chi connectivity index (χ3v) is 5.71. The summed E-state index contributed by atoms with van der Waals surface area (Å²) in [6, 6.07) is 5.20. The highest BCUT2D eigenvalue weighted by molar-refractivity contribution is 6.32. The van der Waals surface area contributed by atoms with Crippen LogP contribution in [0.5, 0.6) is 5.75 Å². The smallest absolute Gasteiger partial charge is 0.254 e. The first-order valence-electron chi connectivity index (χ1n) is 8.32. The topological polar surface area (TPSA) is 42.0 Å². The molecule has 2 fully saturated rings. The second kappa shape index (κ2) is 6.90. The average Bonchev–Trinajstić information content (AvgIpc) is 2.54. The molecule has 132 valence electrons. The molecule has 1 spiro atoms. The minimum absolute atomic E-state index is 0.0347. The molecule has 2 saturated heterocycles. The van der Waals surface area contributed by atoms with E-state index in [0.29, 0.717) is 22.3 Å². The van der Waals surface area contributed by atoms with Gasteiger partial charge in [-0.2, -0.15) is 0 Å². The van der Waals surface area contributed by atoms with Crippen molar-refractivity contribution in [2.75, 3.05) is 47.5 Å². The Bertz CT molecular complexity index is 616. The molecule has 6 heteroatoms. The maximum absolute atomic E-state index is 12.7. The number of halogens is 1. The van der Waals surface area contributed by atoms with Crippen molar-refractivity contribution in [1.29, 1.82) is 0 Å². The molecular weight excluding hydrogens is 328 g/mol. The Morgan fingerprint density at radius 2 is 2.12 bits per heavy atom. The lowest BCUT2D eigenvalue weighted by atomic mass is 9.75. The van der Waals surface area contributed by atoms with Gasteiger partial charge in [-0.05, 0) is 50.6 Å². The van der Waals surface area contributed by atoms with Crippen molar-refractivity contribution >= 4 is 17.5 Å². The van der Waals surface area contributed by atoms with Crippen LogP contribution in [0.1, 0.15) is 23.2 Å². The van der Waals surface area contributed by atoms with Gasteiger partial charge in [0, 0.05) is 32.4 Å². The number of hydrogen-bond acceptors (Lipinski definition) is 4. The summed E-state index contributed by atoms with van der Waals surface area (Å²) in [6.45, 7) is 3.40. The molecule has 0 aliphatic carbocycles. The van der Waals surface area contributed by atoms with Crippen molar-refractivity contribution < 1.29 is 14.3 Å². The summed E-state index contributed by atoms with van der Waals surface area (Å²) >= 11 is 6.14. The molecule has 24 heavy (non-hydrogen) atoms. The average molecular weight is 353 g/mol. The van der Waals surface area contributed by atoms with Crippen LogP contribution in [0.15, 0.2) is 18.2 Å². The maximum atomic E-state index is 12.7. The zero-order valence-corrected chi connectivity index (χ0v) is 15.3. The van der Waals surface area contributed by atoms with Crippen LogP contribution >= 0.6 is 11.6 Å². The third-order valence-electron chi connectivity index (χ3n) is 5.41. The number of ether oxygens (including phenoxy) is 2.